The van der Waals surface area contributed by atoms with Gasteiger partial charge in [0.05, 0.1) is 31.4 Å². The molecule has 4 aromatic carbocycles. The maximum absolute atomic E-state index is 16.9. The molecule has 0 unspecified atom stereocenters. The number of likely N-dealkylation sites (tertiary alicyclic amines) is 1. The molecule has 7 nitrogen and oxygen atoms in total. The van der Waals surface area contributed by atoms with Gasteiger partial charge in [-0.25, -0.2) is 22.4 Å². The molecule has 3 heterocycles. The number of aromatic nitrogens is 1. The standard InChI is InChI=1S/C45H50F5N3O4Si/c1-29-22-36-35-17-16-30(43(54)55)23-39(35)51-41(36)42(40-37(47)24-32(25-38(40)48)57-31-18-21-52(26-31)20-11-19-46)53(29)27-45(49,50)28-56-58(44(2,3)4,33-12-7-5-8-13-33)34-14-9-6-10-15-34/h5-10,12-17,23-25,29,31,42,51H,11,18-22,26-28H2,1-4H3,(H,54,55)/t29-,31+,42-/m1/s1. The zero-order valence-electron chi connectivity index (χ0n) is 33.2. The molecule has 5 aromatic rings. The summed E-state index contributed by atoms with van der Waals surface area (Å²) < 4.78 is 92.4. The molecule has 2 aliphatic rings. The fraction of sp³-hybridized carbons (Fsp3) is 0.400. The lowest BCUT2D eigenvalue weighted by molar-refractivity contribution is -0.0825. The number of fused-ring (bicyclic) bond motifs is 3. The van der Waals surface area contributed by atoms with E-state index >= 15 is 17.6 Å². The number of nitrogens with zero attached hydrogens (tertiary/aromatic N) is 2. The Labute approximate surface area is 336 Å². The van der Waals surface area contributed by atoms with Gasteiger partial charge >= 0.3 is 5.97 Å². The van der Waals surface area contributed by atoms with Crippen LogP contribution in [0, 0.1) is 11.6 Å². The largest absolute Gasteiger partial charge is 0.489 e. The Hall–Kier alpha value is -4.56. The minimum Gasteiger partial charge on any atom is -0.489 e. The van der Waals surface area contributed by atoms with Gasteiger partial charge in [-0.05, 0) is 59.3 Å². The molecule has 1 saturated heterocycles. The summed E-state index contributed by atoms with van der Waals surface area (Å²) in [5.41, 5.74) is 0.986. The fourth-order valence-corrected chi connectivity index (χ4v) is 13.6. The van der Waals surface area contributed by atoms with Crippen LogP contribution in [0.3, 0.4) is 0 Å². The average molecular weight is 820 g/mol. The molecule has 0 bridgehead atoms. The van der Waals surface area contributed by atoms with Crippen molar-refractivity contribution in [1.29, 1.82) is 0 Å². The van der Waals surface area contributed by atoms with E-state index in [1.165, 1.54) is 17.0 Å². The van der Waals surface area contributed by atoms with Crippen LogP contribution >= 0.6 is 0 Å². The Bertz CT molecular complexity index is 2170. The van der Waals surface area contributed by atoms with Crippen molar-refractivity contribution >= 4 is 35.6 Å². The zero-order chi connectivity index (χ0) is 41.4. The van der Waals surface area contributed by atoms with E-state index in [2.05, 4.69) is 4.98 Å². The van der Waals surface area contributed by atoms with Gasteiger partial charge in [0.25, 0.3) is 14.2 Å². The smallest absolute Gasteiger partial charge is 0.335 e. The number of alkyl halides is 3. The Balaban J connectivity index is 1.26. The molecule has 2 N–H and O–H groups in total. The quantitative estimate of drug-likeness (QED) is 0.0865. The first-order valence-electron chi connectivity index (χ1n) is 19.8. The summed E-state index contributed by atoms with van der Waals surface area (Å²) in [4.78, 5) is 18.5. The van der Waals surface area contributed by atoms with Crippen LogP contribution in [0.1, 0.15) is 73.8 Å². The van der Waals surface area contributed by atoms with E-state index in [0.717, 1.165) is 22.5 Å². The van der Waals surface area contributed by atoms with Crippen LogP contribution in [0.4, 0.5) is 22.0 Å². The summed E-state index contributed by atoms with van der Waals surface area (Å²) in [6.45, 7) is 7.20. The second kappa shape index (κ2) is 16.6. The molecule has 1 fully saturated rings. The van der Waals surface area contributed by atoms with E-state index < -0.39 is 74.4 Å². The maximum atomic E-state index is 16.9. The van der Waals surface area contributed by atoms with Crippen molar-refractivity contribution < 1.29 is 41.0 Å². The molecule has 13 heteroatoms. The summed E-state index contributed by atoms with van der Waals surface area (Å²) in [6.07, 6.45) is 0.898. The Morgan fingerprint density at radius 3 is 2.17 bits per heavy atom. The van der Waals surface area contributed by atoms with Gasteiger partial charge in [0, 0.05) is 60.0 Å². The lowest BCUT2D eigenvalue weighted by Crippen LogP contribution is -2.67. The van der Waals surface area contributed by atoms with Crippen molar-refractivity contribution in [3.63, 3.8) is 0 Å². The highest BCUT2D eigenvalue weighted by atomic mass is 28.4. The number of aromatic amines is 1. The second-order valence-corrected chi connectivity index (χ2v) is 21.0. The number of ether oxygens (including phenoxy) is 1. The third kappa shape index (κ3) is 8.19. The number of halogens is 5. The molecular formula is C45H50F5N3O4Si. The second-order valence-electron chi connectivity index (χ2n) is 16.7. The van der Waals surface area contributed by atoms with Gasteiger partial charge in [0.1, 0.15) is 23.5 Å². The van der Waals surface area contributed by atoms with Crippen LogP contribution in [0.25, 0.3) is 10.9 Å². The molecule has 2 aliphatic heterocycles. The minimum absolute atomic E-state index is 0.00796. The van der Waals surface area contributed by atoms with Gasteiger partial charge in [0.2, 0.25) is 0 Å². The maximum Gasteiger partial charge on any atom is 0.335 e. The molecule has 7 rings (SSSR count). The molecular weight excluding hydrogens is 770 g/mol. The number of carboxylic acid groups (broad SMARTS) is 1. The van der Waals surface area contributed by atoms with Gasteiger partial charge in [-0.2, -0.15) is 0 Å². The first-order chi connectivity index (χ1) is 27.6. The zero-order valence-corrected chi connectivity index (χ0v) is 34.2. The molecule has 0 radical (unpaired) electrons. The molecule has 3 atom stereocenters. The lowest BCUT2D eigenvalue weighted by atomic mass is 9.87. The van der Waals surface area contributed by atoms with Crippen LogP contribution in [0.2, 0.25) is 5.04 Å². The Morgan fingerprint density at radius 2 is 1.59 bits per heavy atom. The van der Waals surface area contributed by atoms with E-state index in [0.29, 0.717) is 54.6 Å². The highest BCUT2D eigenvalue weighted by Gasteiger charge is 2.53. The summed E-state index contributed by atoms with van der Waals surface area (Å²) in [6, 6.07) is 23.7. The first-order valence-corrected chi connectivity index (χ1v) is 21.7. The number of hydrogen-bond donors (Lipinski definition) is 2. The van der Waals surface area contributed by atoms with E-state index in [4.69, 9.17) is 9.16 Å². The SMILES string of the molecule is C[C@@H]1Cc2c([nH]c3cc(C(=O)O)ccc23)[C@@H](c2c(F)cc(O[C@H]3CCN(CCCF)C3)cc2F)N1CC(F)(F)CO[Si](c1ccccc1)(c1ccccc1)C(C)(C)C. The van der Waals surface area contributed by atoms with Gasteiger partial charge in [-0.15, -0.1) is 0 Å². The van der Waals surface area contributed by atoms with E-state index in [9.17, 15) is 14.3 Å². The third-order valence-corrected chi connectivity index (χ3v) is 16.6. The topological polar surface area (TPSA) is 78.0 Å². The summed E-state index contributed by atoms with van der Waals surface area (Å²) in [5.74, 6) is -6.60. The van der Waals surface area contributed by atoms with Crippen molar-refractivity contribution in [2.45, 2.75) is 76.1 Å². The third-order valence-electron chi connectivity index (χ3n) is 11.7. The van der Waals surface area contributed by atoms with Crippen LogP contribution in [0.15, 0.2) is 91.0 Å². The molecule has 0 spiro atoms. The van der Waals surface area contributed by atoms with Crippen LogP contribution in [0.5, 0.6) is 5.75 Å². The van der Waals surface area contributed by atoms with Crippen LogP contribution < -0.4 is 15.1 Å². The average Bonchev–Trinajstić information content (AvgIpc) is 3.78. The van der Waals surface area contributed by atoms with Crippen molar-refractivity contribution in [1.82, 2.24) is 14.8 Å². The number of hydrogen-bond acceptors (Lipinski definition) is 5. The fourth-order valence-electron chi connectivity index (χ4n) is 9.00. The van der Waals surface area contributed by atoms with Crippen molar-refractivity contribution in [2.75, 3.05) is 39.5 Å². The Morgan fingerprint density at radius 1 is 0.948 bits per heavy atom. The Kier molecular flexibility index (Phi) is 11.9. The normalized spacial score (nSPS) is 19.4. The summed E-state index contributed by atoms with van der Waals surface area (Å²) in [5, 5.41) is 11.5. The monoisotopic (exact) mass is 819 g/mol. The minimum atomic E-state index is -3.49. The number of aromatic carboxylic acids is 1. The van der Waals surface area contributed by atoms with Gasteiger partial charge in [0.15, 0.2) is 0 Å². The van der Waals surface area contributed by atoms with Gasteiger partial charge in [-0.1, -0.05) is 87.5 Å². The molecule has 0 amide bonds. The molecule has 0 aliphatic carbocycles. The number of carbonyl (C=O) groups is 1. The number of rotatable bonds is 14. The predicted octanol–water partition coefficient (Wildman–Crippen LogP) is 8.50. The number of benzene rings is 4. The van der Waals surface area contributed by atoms with Crippen LogP contribution in [-0.2, 0) is 10.8 Å². The number of carboxylic acids is 1. The summed E-state index contributed by atoms with van der Waals surface area (Å²) in [7, 11) is -3.37. The van der Waals surface area contributed by atoms with E-state index in [-0.39, 0.29) is 23.8 Å². The van der Waals surface area contributed by atoms with Gasteiger partial charge in [-0.3, -0.25) is 14.2 Å². The van der Waals surface area contributed by atoms with E-state index in [1.54, 1.807) is 13.0 Å². The van der Waals surface area contributed by atoms with Gasteiger partial charge < -0.3 is 19.3 Å². The first kappa shape index (κ1) is 41.6. The molecule has 0 saturated carbocycles. The molecule has 308 valence electrons. The van der Waals surface area contributed by atoms with Crippen molar-refractivity contribution in [3.05, 3.63) is 125 Å². The molecule has 58 heavy (non-hydrogen) atoms. The van der Waals surface area contributed by atoms with Crippen molar-refractivity contribution in [3.8, 4) is 5.75 Å². The number of H-pyrrole nitrogens is 1. The highest BCUT2D eigenvalue weighted by Crippen LogP contribution is 2.45. The van der Waals surface area contributed by atoms with Crippen LogP contribution in [-0.4, -0.2) is 91.7 Å². The van der Waals surface area contributed by atoms with Crippen molar-refractivity contribution in [2.24, 2.45) is 0 Å². The molecule has 1 aromatic heterocycles. The highest BCUT2D eigenvalue weighted by molar-refractivity contribution is 6.99. The van der Waals surface area contributed by atoms with E-state index in [1.807, 2.05) is 86.3 Å². The predicted molar refractivity (Wildman–Crippen MR) is 218 cm³/mol. The summed E-state index contributed by atoms with van der Waals surface area (Å²) >= 11 is 0. The lowest BCUT2D eigenvalue weighted by Gasteiger charge is -2.45. The number of nitrogens with one attached hydrogen (secondary N) is 1.